The Bertz CT molecular complexity index is 576. The molecule has 0 radical (unpaired) electrons. The maximum Gasteiger partial charge on any atom is 0.233 e. The van der Waals surface area contributed by atoms with Crippen molar-refractivity contribution in [2.24, 2.45) is 5.92 Å². The van der Waals surface area contributed by atoms with Gasteiger partial charge in [-0.15, -0.1) is 10.2 Å². The summed E-state index contributed by atoms with van der Waals surface area (Å²) in [6.45, 7) is 10.3. The summed E-state index contributed by atoms with van der Waals surface area (Å²) in [6, 6.07) is 0.671. The molecule has 1 unspecified atom stereocenters. The number of aromatic nitrogens is 3. The average Bonchev–Trinajstić information content (AvgIpc) is 3.28. The summed E-state index contributed by atoms with van der Waals surface area (Å²) in [6.07, 6.45) is 4.81. The third kappa shape index (κ3) is 4.05. The van der Waals surface area contributed by atoms with Crippen LogP contribution in [0.1, 0.15) is 59.4 Å². The zero-order chi connectivity index (χ0) is 17.3. The van der Waals surface area contributed by atoms with Crippen LogP contribution >= 0.6 is 11.8 Å². The van der Waals surface area contributed by atoms with Crippen molar-refractivity contribution in [1.82, 2.24) is 20.1 Å². The number of nitrogens with zero attached hydrogens (tertiary/aromatic N) is 4. The fourth-order valence-electron chi connectivity index (χ4n) is 3.04. The van der Waals surface area contributed by atoms with Crippen LogP contribution in [0.5, 0.6) is 0 Å². The minimum Gasteiger partial charge on any atom is -0.353 e. The van der Waals surface area contributed by atoms with Gasteiger partial charge >= 0.3 is 0 Å². The Morgan fingerprint density at radius 1 is 1.17 bits per heavy atom. The van der Waals surface area contributed by atoms with E-state index in [4.69, 9.17) is 0 Å². The van der Waals surface area contributed by atoms with Crippen LogP contribution in [0.4, 0.5) is 5.95 Å². The lowest BCUT2D eigenvalue weighted by atomic mass is 10.00. The molecule has 1 aliphatic heterocycles. The lowest BCUT2D eigenvalue weighted by molar-refractivity contribution is -0.120. The third-order valence-corrected chi connectivity index (χ3v) is 5.76. The predicted molar refractivity (Wildman–Crippen MR) is 97.5 cm³/mol. The molecule has 7 heteroatoms. The van der Waals surface area contributed by atoms with Gasteiger partial charge in [0.05, 0.1) is 5.25 Å². The summed E-state index contributed by atoms with van der Waals surface area (Å²) < 4.78 is 2.28. The molecule has 0 bridgehead atoms. The van der Waals surface area contributed by atoms with E-state index in [1.54, 1.807) is 0 Å². The van der Waals surface area contributed by atoms with Crippen molar-refractivity contribution in [3.8, 4) is 0 Å². The Labute approximate surface area is 148 Å². The Morgan fingerprint density at radius 2 is 1.83 bits per heavy atom. The van der Waals surface area contributed by atoms with Crippen LogP contribution < -0.4 is 10.2 Å². The van der Waals surface area contributed by atoms with E-state index < -0.39 is 0 Å². The average molecular weight is 352 g/mol. The van der Waals surface area contributed by atoms with E-state index in [1.165, 1.54) is 37.4 Å². The van der Waals surface area contributed by atoms with Crippen molar-refractivity contribution in [3.05, 3.63) is 0 Å². The second-order valence-electron chi connectivity index (χ2n) is 7.48. The van der Waals surface area contributed by atoms with E-state index in [2.05, 4.69) is 31.9 Å². The highest BCUT2D eigenvalue weighted by Gasteiger charge is 2.33. The summed E-state index contributed by atoms with van der Waals surface area (Å²) in [7, 11) is 0. The molecule has 1 saturated heterocycles. The number of carbonyl (C=O) groups is 1. The summed E-state index contributed by atoms with van der Waals surface area (Å²) in [4.78, 5) is 14.6. The minimum absolute atomic E-state index is 0.0636. The summed E-state index contributed by atoms with van der Waals surface area (Å²) in [5.74, 6) is 1.87. The van der Waals surface area contributed by atoms with Gasteiger partial charge in [0.15, 0.2) is 5.16 Å². The van der Waals surface area contributed by atoms with E-state index in [0.717, 1.165) is 30.1 Å². The van der Waals surface area contributed by atoms with E-state index in [-0.39, 0.29) is 17.2 Å². The topological polar surface area (TPSA) is 63.1 Å². The van der Waals surface area contributed by atoms with E-state index in [1.807, 2.05) is 20.8 Å². The molecule has 134 valence electrons. The van der Waals surface area contributed by atoms with Crippen LogP contribution in [-0.4, -0.2) is 45.1 Å². The summed E-state index contributed by atoms with van der Waals surface area (Å²) in [5.41, 5.74) is 0. The van der Waals surface area contributed by atoms with Crippen LogP contribution in [0.2, 0.25) is 0 Å². The van der Waals surface area contributed by atoms with Gasteiger partial charge in [-0.1, -0.05) is 18.7 Å². The van der Waals surface area contributed by atoms with E-state index in [9.17, 15) is 4.79 Å². The number of thioether (sulfide) groups is 1. The van der Waals surface area contributed by atoms with E-state index in [0.29, 0.717) is 6.04 Å². The first kappa shape index (κ1) is 17.6. The van der Waals surface area contributed by atoms with Crippen molar-refractivity contribution < 1.29 is 4.79 Å². The Hall–Kier alpha value is -1.24. The second-order valence-corrected chi connectivity index (χ2v) is 8.78. The van der Waals surface area contributed by atoms with Crippen molar-refractivity contribution in [2.75, 3.05) is 18.0 Å². The lowest BCUT2D eigenvalue weighted by Gasteiger charge is -2.31. The molecule has 3 rings (SSSR count). The molecule has 1 aromatic rings. The molecule has 2 heterocycles. The monoisotopic (exact) mass is 351 g/mol. The Kier molecular flexibility index (Phi) is 5.37. The molecule has 1 aromatic heterocycles. The molecule has 2 fully saturated rings. The van der Waals surface area contributed by atoms with Gasteiger partial charge in [0.1, 0.15) is 0 Å². The molecular formula is C17H29N5OS. The summed E-state index contributed by atoms with van der Waals surface area (Å²) in [5, 5.41) is 12.6. The number of piperidine rings is 1. The fraction of sp³-hybridized carbons (Fsp3) is 0.824. The number of hydrogen-bond donors (Lipinski definition) is 1. The number of rotatable bonds is 6. The molecule has 2 aliphatic rings. The maximum atomic E-state index is 12.2. The largest absolute Gasteiger partial charge is 0.353 e. The third-order valence-electron chi connectivity index (χ3n) is 4.71. The van der Waals surface area contributed by atoms with Crippen LogP contribution in [0, 0.1) is 5.92 Å². The highest BCUT2D eigenvalue weighted by Crippen LogP contribution is 2.42. The van der Waals surface area contributed by atoms with Gasteiger partial charge in [-0.25, -0.2) is 0 Å². The first-order valence-electron chi connectivity index (χ1n) is 9.12. The number of amides is 1. The van der Waals surface area contributed by atoms with Gasteiger partial charge in [-0.2, -0.15) is 0 Å². The van der Waals surface area contributed by atoms with Crippen molar-refractivity contribution in [3.63, 3.8) is 0 Å². The molecule has 1 aliphatic carbocycles. The van der Waals surface area contributed by atoms with Crippen LogP contribution in [-0.2, 0) is 4.79 Å². The van der Waals surface area contributed by atoms with Gasteiger partial charge < -0.3 is 10.2 Å². The molecule has 0 spiro atoms. The number of hydrogen-bond acceptors (Lipinski definition) is 5. The molecule has 1 N–H and O–H groups in total. The van der Waals surface area contributed by atoms with E-state index >= 15 is 0 Å². The molecule has 6 nitrogen and oxygen atoms in total. The quantitative estimate of drug-likeness (QED) is 0.799. The fourth-order valence-corrected chi connectivity index (χ4v) is 3.96. The number of anilines is 1. The SMILES string of the molecule is CC1CCN(c2nnc(SC(C)C(=O)NC(C)C)n2C2CC2)CC1. The predicted octanol–water partition coefficient (Wildman–Crippen LogP) is 2.85. The van der Waals surface area contributed by atoms with Gasteiger partial charge in [-0.05, 0) is 52.4 Å². The maximum absolute atomic E-state index is 12.2. The number of carbonyl (C=O) groups excluding carboxylic acids is 1. The van der Waals surface area contributed by atoms with Gasteiger partial charge in [-0.3, -0.25) is 9.36 Å². The second kappa shape index (κ2) is 7.33. The Morgan fingerprint density at radius 3 is 2.42 bits per heavy atom. The molecular weight excluding hydrogens is 322 g/mol. The van der Waals surface area contributed by atoms with Crippen molar-refractivity contribution in [1.29, 1.82) is 0 Å². The molecule has 24 heavy (non-hydrogen) atoms. The molecule has 0 aromatic carbocycles. The number of nitrogens with one attached hydrogen (secondary N) is 1. The van der Waals surface area contributed by atoms with Crippen LogP contribution in [0.15, 0.2) is 5.16 Å². The normalized spacial score (nSPS) is 20.5. The smallest absolute Gasteiger partial charge is 0.233 e. The zero-order valence-electron chi connectivity index (χ0n) is 15.2. The first-order valence-corrected chi connectivity index (χ1v) is 10.0. The summed E-state index contributed by atoms with van der Waals surface area (Å²) >= 11 is 1.52. The van der Waals surface area contributed by atoms with Crippen LogP contribution in [0.25, 0.3) is 0 Å². The highest BCUT2D eigenvalue weighted by atomic mass is 32.2. The lowest BCUT2D eigenvalue weighted by Crippen LogP contribution is -2.36. The molecule has 1 saturated carbocycles. The molecule has 1 amide bonds. The van der Waals surface area contributed by atoms with Gasteiger partial charge in [0.25, 0.3) is 0 Å². The minimum atomic E-state index is -0.164. The zero-order valence-corrected chi connectivity index (χ0v) is 16.0. The first-order chi connectivity index (χ1) is 11.5. The van der Waals surface area contributed by atoms with Gasteiger partial charge in [0, 0.05) is 25.2 Å². The van der Waals surface area contributed by atoms with Gasteiger partial charge in [0.2, 0.25) is 11.9 Å². The van der Waals surface area contributed by atoms with Crippen molar-refractivity contribution in [2.45, 2.75) is 75.9 Å². The highest BCUT2D eigenvalue weighted by molar-refractivity contribution is 8.00. The van der Waals surface area contributed by atoms with Crippen LogP contribution in [0.3, 0.4) is 0 Å². The standard InChI is InChI=1S/C17H29N5OS/c1-11(2)18-15(23)13(4)24-17-20-19-16(22(17)14-5-6-14)21-9-7-12(3)8-10-21/h11-14H,5-10H2,1-4H3,(H,18,23). The Balaban J connectivity index is 1.73. The van der Waals surface area contributed by atoms with Crippen molar-refractivity contribution >= 4 is 23.6 Å². The molecule has 1 atom stereocenters.